The molecule has 0 saturated carbocycles. The van der Waals surface area contributed by atoms with Crippen LogP contribution in [0, 0.1) is 0 Å². The summed E-state index contributed by atoms with van der Waals surface area (Å²) in [6, 6.07) is 8.86. The van der Waals surface area contributed by atoms with Crippen LogP contribution < -0.4 is 4.90 Å². The van der Waals surface area contributed by atoms with E-state index in [2.05, 4.69) is 59.1 Å². The Balaban J connectivity index is 2.94. The van der Waals surface area contributed by atoms with Gasteiger partial charge in [0.25, 0.3) is 0 Å². The maximum Gasteiger partial charge on any atom is 0.130 e. The highest BCUT2D eigenvalue weighted by Gasteiger charge is 2.13. The molecule has 0 unspecified atom stereocenters. The highest BCUT2D eigenvalue weighted by atomic mass is 15.1. The van der Waals surface area contributed by atoms with Crippen LogP contribution >= 0.6 is 0 Å². The lowest BCUT2D eigenvalue weighted by Crippen LogP contribution is -3.00. The van der Waals surface area contributed by atoms with Crippen LogP contribution in [-0.4, -0.2) is 14.1 Å². The molecule has 0 aliphatic rings. The lowest BCUT2D eigenvalue weighted by Gasteiger charge is -2.19. The summed E-state index contributed by atoms with van der Waals surface area (Å²) in [4.78, 5) is 1.38. The van der Waals surface area contributed by atoms with Crippen LogP contribution in [0.25, 0.3) is 0 Å². The molecule has 0 fully saturated rings. The van der Waals surface area contributed by atoms with Crippen LogP contribution in [0.1, 0.15) is 26.3 Å². The van der Waals surface area contributed by atoms with Crippen molar-refractivity contribution in [1.29, 1.82) is 0 Å². The molecule has 0 radical (unpaired) electrons. The van der Waals surface area contributed by atoms with Gasteiger partial charge in [-0.2, -0.15) is 0 Å². The van der Waals surface area contributed by atoms with Crippen LogP contribution in [0.15, 0.2) is 24.3 Å². The molecule has 0 atom stereocenters. The number of nitrogens with one attached hydrogen (secondary N) is 1. The molecule has 72 valence electrons. The van der Waals surface area contributed by atoms with Gasteiger partial charge in [0, 0.05) is 0 Å². The predicted molar refractivity (Wildman–Crippen MR) is 57.6 cm³/mol. The van der Waals surface area contributed by atoms with Gasteiger partial charge in [-0.05, 0) is 23.1 Å². The van der Waals surface area contributed by atoms with Gasteiger partial charge in [0.2, 0.25) is 0 Å². The van der Waals surface area contributed by atoms with Gasteiger partial charge < -0.3 is 4.90 Å². The Labute approximate surface area is 81.4 Å². The van der Waals surface area contributed by atoms with E-state index >= 15 is 0 Å². The average molecular weight is 178 g/mol. The van der Waals surface area contributed by atoms with Gasteiger partial charge in [0.15, 0.2) is 0 Å². The van der Waals surface area contributed by atoms with Crippen molar-refractivity contribution in [1.82, 2.24) is 0 Å². The topological polar surface area (TPSA) is 4.44 Å². The van der Waals surface area contributed by atoms with E-state index in [1.807, 2.05) is 0 Å². The van der Waals surface area contributed by atoms with Crippen molar-refractivity contribution >= 4 is 5.69 Å². The smallest absolute Gasteiger partial charge is 0.130 e. The molecule has 1 heteroatoms. The molecule has 0 saturated heterocycles. The van der Waals surface area contributed by atoms with Crippen molar-refractivity contribution in [3.63, 3.8) is 0 Å². The molecule has 1 rings (SSSR count). The van der Waals surface area contributed by atoms with Gasteiger partial charge >= 0.3 is 0 Å². The first-order valence-electron chi connectivity index (χ1n) is 4.82. The Morgan fingerprint density at radius 1 is 0.923 bits per heavy atom. The first-order chi connectivity index (χ1) is 5.91. The molecule has 0 bridgehead atoms. The Kier molecular flexibility index (Phi) is 2.77. The van der Waals surface area contributed by atoms with Crippen LogP contribution in [0.4, 0.5) is 5.69 Å². The minimum absolute atomic E-state index is 0.264. The molecule has 0 aliphatic carbocycles. The van der Waals surface area contributed by atoms with E-state index in [0.717, 1.165) is 0 Å². The Hall–Kier alpha value is -0.820. The zero-order chi connectivity index (χ0) is 10.1. The highest BCUT2D eigenvalue weighted by molar-refractivity contribution is 5.35. The van der Waals surface area contributed by atoms with Crippen molar-refractivity contribution in [2.75, 3.05) is 14.1 Å². The van der Waals surface area contributed by atoms with E-state index in [1.165, 1.54) is 16.2 Å². The molecule has 0 amide bonds. The van der Waals surface area contributed by atoms with Gasteiger partial charge in [-0.1, -0.05) is 32.9 Å². The van der Waals surface area contributed by atoms with Crippen molar-refractivity contribution in [2.45, 2.75) is 26.2 Å². The minimum Gasteiger partial charge on any atom is -0.307 e. The van der Waals surface area contributed by atoms with E-state index in [9.17, 15) is 0 Å². The van der Waals surface area contributed by atoms with E-state index < -0.39 is 0 Å². The van der Waals surface area contributed by atoms with E-state index in [-0.39, 0.29) is 5.41 Å². The van der Waals surface area contributed by atoms with E-state index in [1.54, 1.807) is 0 Å². The average Bonchev–Trinajstić information content (AvgIpc) is 2.03. The highest BCUT2D eigenvalue weighted by Crippen LogP contribution is 2.22. The minimum atomic E-state index is 0.264. The Bertz CT molecular complexity index is 264. The van der Waals surface area contributed by atoms with Crippen LogP contribution in [0.5, 0.6) is 0 Å². The third kappa shape index (κ3) is 2.56. The third-order valence-corrected chi connectivity index (χ3v) is 2.33. The lowest BCUT2D eigenvalue weighted by molar-refractivity contribution is -0.786. The molecule has 1 N–H and O–H groups in total. The quantitative estimate of drug-likeness (QED) is 0.668. The first-order valence-corrected chi connectivity index (χ1v) is 4.82. The summed E-state index contributed by atoms with van der Waals surface area (Å²) in [6.07, 6.45) is 0. The van der Waals surface area contributed by atoms with Crippen molar-refractivity contribution in [3.05, 3.63) is 29.8 Å². The molecule has 1 aromatic carbocycles. The van der Waals surface area contributed by atoms with Crippen molar-refractivity contribution in [3.8, 4) is 0 Å². The molecule has 1 aromatic rings. The number of hydrogen-bond donors (Lipinski definition) is 1. The summed E-state index contributed by atoms with van der Waals surface area (Å²) in [7, 11) is 4.29. The van der Waals surface area contributed by atoms with Gasteiger partial charge in [-0.15, -0.1) is 0 Å². The SMILES string of the molecule is C[NH+](C)c1ccc(C(C)(C)C)cc1. The predicted octanol–water partition coefficient (Wildman–Crippen LogP) is 1.76. The molecule has 0 heterocycles. The molecule has 0 aliphatic heterocycles. The molecular weight excluding hydrogens is 158 g/mol. The summed E-state index contributed by atoms with van der Waals surface area (Å²) >= 11 is 0. The van der Waals surface area contributed by atoms with E-state index in [4.69, 9.17) is 0 Å². The van der Waals surface area contributed by atoms with E-state index in [0.29, 0.717) is 0 Å². The summed E-state index contributed by atoms with van der Waals surface area (Å²) < 4.78 is 0. The zero-order valence-electron chi connectivity index (χ0n) is 9.31. The second-order valence-electron chi connectivity index (χ2n) is 4.83. The molecule has 13 heavy (non-hydrogen) atoms. The fourth-order valence-electron chi connectivity index (χ4n) is 1.30. The normalized spacial score (nSPS) is 12.2. The summed E-state index contributed by atoms with van der Waals surface area (Å²) in [5, 5.41) is 0. The number of hydrogen-bond acceptors (Lipinski definition) is 0. The molecule has 0 aromatic heterocycles. The number of benzene rings is 1. The molecule has 1 nitrogen and oxygen atoms in total. The number of rotatable bonds is 1. The standard InChI is InChI=1S/C12H19N/c1-12(2,3)10-6-8-11(9-7-10)13(4)5/h6-9H,1-5H3/p+1. The van der Waals surface area contributed by atoms with Gasteiger partial charge in [-0.3, -0.25) is 0 Å². The summed E-state index contributed by atoms with van der Waals surface area (Å²) in [5.41, 5.74) is 3.01. The van der Waals surface area contributed by atoms with Crippen molar-refractivity contribution in [2.24, 2.45) is 0 Å². The van der Waals surface area contributed by atoms with Crippen LogP contribution in [0.2, 0.25) is 0 Å². The monoisotopic (exact) mass is 178 g/mol. The molecular formula is C12H20N+. The van der Waals surface area contributed by atoms with Crippen molar-refractivity contribution < 1.29 is 4.90 Å². The summed E-state index contributed by atoms with van der Waals surface area (Å²) in [5.74, 6) is 0. The zero-order valence-corrected chi connectivity index (χ0v) is 9.31. The Morgan fingerprint density at radius 2 is 1.38 bits per heavy atom. The Morgan fingerprint density at radius 3 is 1.69 bits per heavy atom. The van der Waals surface area contributed by atoms with Crippen LogP contribution in [-0.2, 0) is 5.41 Å². The van der Waals surface area contributed by atoms with Gasteiger partial charge in [0.1, 0.15) is 5.69 Å². The maximum atomic E-state index is 2.24. The maximum absolute atomic E-state index is 2.24. The second kappa shape index (κ2) is 3.51. The second-order valence-corrected chi connectivity index (χ2v) is 4.83. The lowest BCUT2D eigenvalue weighted by atomic mass is 9.87. The third-order valence-electron chi connectivity index (χ3n) is 2.33. The molecule has 0 spiro atoms. The number of quaternary nitrogens is 1. The fourth-order valence-corrected chi connectivity index (χ4v) is 1.30. The fraction of sp³-hybridized carbons (Fsp3) is 0.500. The van der Waals surface area contributed by atoms with Gasteiger partial charge in [0.05, 0.1) is 14.1 Å². The van der Waals surface area contributed by atoms with Gasteiger partial charge in [-0.25, -0.2) is 0 Å². The summed E-state index contributed by atoms with van der Waals surface area (Å²) in [6.45, 7) is 6.72. The first kappa shape index (κ1) is 10.3. The largest absolute Gasteiger partial charge is 0.307 e. The van der Waals surface area contributed by atoms with Crippen LogP contribution in [0.3, 0.4) is 0 Å².